The Morgan fingerprint density at radius 3 is 2.28 bits per heavy atom. The fourth-order valence-electron chi connectivity index (χ4n) is 2.61. The molecule has 0 spiro atoms. The molecule has 0 bridgehead atoms. The summed E-state index contributed by atoms with van der Waals surface area (Å²) < 4.78 is 4.65. The van der Waals surface area contributed by atoms with E-state index in [2.05, 4.69) is 36.1 Å². The van der Waals surface area contributed by atoms with Gasteiger partial charge in [0, 0.05) is 24.2 Å². The maximum absolute atomic E-state index is 12.2. The zero-order valence-electron chi connectivity index (χ0n) is 17.0. The first-order valence-electron chi connectivity index (χ1n) is 9.18. The Morgan fingerprint density at radius 1 is 1.03 bits per heavy atom. The van der Waals surface area contributed by atoms with E-state index in [0.29, 0.717) is 11.3 Å². The third-order valence-corrected chi connectivity index (χ3v) is 4.64. The van der Waals surface area contributed by atoms with E-state index in [9.17, 15) is 14.4 Å². The molecule has 0 aliphatic carbocycles. The number of nitrogens with one attached hydrogen (secondary N) is 2. The number of anilines is 1. The van der Waals surface area contributed by atoms with Crippen LogP contribution < -0.4 is 10.6 Å². The van der Waals surface area contributed by atoms with Crippen molar-refractivity contribution in [3.8, 4) is 0 Å². The van der Waals surface area contributed by atoms with E-state index in [4.69, 9.17) is 11.6 Å². The number of methoxy groups -OCH3 is 1. The van der Waals surface area contributed by atoms with Crippen LogP contribution in [0.1, 0.15) is 53.5 Å². The van der Waals surface area contributed by atoms with Crippen molar-refractivity contribution in [2.75, 3.05) is 19.0 Å². The molecule has 7 heteroatoms. The van der Waals surface area contributed by atoms with Gasteiger partial charge in [0.05, 0.1) is 17.7 Å². The number of rotatable bonds is 6. The van der Waals surface area contributed by atoms with Crippen molar-refractivity contribution < 1.29 is 19.1 Å². The third kappa shape index (κ3) is 6.32. The average Bonchev–Trinajstić information content (AvgIpc) is 2.68. The number of amides is 2. The number of ether oxygens (including phenoxy) is 1. The van der Waals surface area contributed by atoms with Crippen LogP contribution in [0.3, 0.4) is 0 Å². The van der Waals surface area contributed by atoms with Gasteiger partial charge in [0.25, 0.3) is 5.91 Å². The normalized spacial score (nSPS) is 10.9. The molecule has 0 aliphatic heterocycles. The Balaban J connectivity index is 1.87. The SMILES string of the molecule is COC(=O)c1cc(NC(=O)CCNC(=O)c2ccc(C(C)(C)C)cc2)ccc1Cl. The van der Waals surface area contributed by atoms with E-state index in [1.165, 1.54) is 19.2 Å². The van der Waals surface area contributed by atoms with Crippen LogP contribution in [0.2, 0.25) is 5.02 Å². The fourth-order valence-corrected chi connectivity index (χ4v) is 2.80. The maximum Gasteiger partial charge on any atom is 0.339 e. The van der Waals surface area contributed by atoms with Crippen molar-refractivity contribution in [3.63, 3.8) is 0 Å². The van der Waals surface area contributed by atoms with Crippen molar-refractivity contribution in [3.05, 3.63) is 64.2 Å². The second kappa shape index (κ2) is 9.56. The van der Waals surface area contributed by atoms with Gasteiger partial charge in [0.2, 0.25) is 5.91 Å². The van der Waals surface area contributed by atoms with Crippen molar-refractivity contribution in [2.24, 2.45) is 0 Å². The minimum atomic E-state index is -0.587. The van der Waals surface area contributed by atoms with Crippen molar-refractivity contribution >= 4 is 35.1 Å². The fraction of sp³-hybridized carbons (Fsp3) is 0.318. The van der Waals surface area contributed by atoms with Gasteiger partial charge in [-0.15, -0.1) is 0 Å². The molecule has 0 aliphatic rings. The first kappa shape index (κ1) is 22.4. The molecule has 0 heterocycles. The van der Waals surface area contributed by atoms with Crippen LogP contribution in [-0.4, -0.2) is 31.4 Å². The van der Waals surface area contributed by atoms with Crippen LogP contribution in [0.15, 0.2) is 42.5 Å². The van der Waals surface area contributed by atoms with Gasteiger partial charge < -0.3 is 15.4 Å². The molecule has 0 saturated heterocycles. The summed E-state index contributed by atoms with van der Waals surface area (Å²) >= 11 is 5.96. The van der Waals surface area contributed by atoms with E-state index in [1.807, 2.05) is 12.1 Å². The van der Waals surface area contributed by atoms with Gasteiger partial charge in [0.1, 0.15) is 0 Å². The van der Waals surface area contributed by atoms with Gasteiger partial charge in [-0.05, 0) is 41.3 Å². The molecule has 0 radical (unpaired) electrons. The highest BCUT2D eigenvalue weighted by atomic mass is 35.5. The predicted octanol–water partition coefficient (Wildman–Crippen LogP) is 4.18. The topological polar surface area (TPSA) is 84.5 Å². The van der Waals surface area contributed by atoms with Crippen LogP contribution in [-0.2, 0) is 14.9 Å². The lowest BCUT2D eigenvalue weighted by molar-refractivity contribution is -0.116. The van der Waals surface area contributed by atoms with E-state index in [1.54, 1.807) is 18.2 Å². The van der Waals surface area contributed by atoms with Crippen molar-refractivity contribution in [1.82, 2.24) is 5.32 Å². The monoisotopic (exact) mass is 416 g/mol. The predicted molar refractivity (Wildman–Crippen MR) is 114 cm³/mol. The molecule has 6 nitrogen and oxygen atoms in total. The van der Waals surface area contributed by atoms with Gasteiger partial charge in [-0.25, -0.2) is 4.79 Å². The van der Waals surface area contributed by atoms with E-state index < -0.39 is 5.97 Å². The molecular formula is C22H25ClN2O4. The standard InChI is InChI=1S/C22H25ClN2O4/c1-22(2,3)15-7-5-14(6-8-15)20(27)24-12-11-19(26)25-16-9-10-18(23)17(13-16)21(28)29-4/h5-10,13H,11-12H2,1-4H3,(H,24,27)(H,25,26). The maximum atomic E-state index is 12.2. The summed E-state index contributed by atoms with van der Waals surface area (Å²) in [6, 6.07) is 12.0. The van der Waals surface area contributed by atoms with Crippen LogP contribution >= 0.6 is 11.6 Å². The van der Waals surface area contributed by atoms with Gasteiger partial charge in [-0.3, -0.25) is 9.59 Å². The Labute approximate surface area is 175 Å². The number of carbonyl (C=O) groups is 3. The van der Waals surface area contributed by atoms with E-state index in [0.717, 1.165) is 5.56 Å². The highest BCUT2D eigenvalue weighted by molar-refractivity contribution is 6.33. The Bertz CT molecular complexity index is 902. The van der Waals surface area contributed by atoms with Crippen LogP contribution in [0.5, 0.6) is 0 Å². The van der Waals surface area contributed by atoms with Crippen LogP contribution in [0.4, 0.5) is 5.69 Å². The second-order valence-electron chi connectivity index (χ2n) is 7.57. The molecule has 154 valence electrons. The Morgan fingerprint density at radius 2 is 1.69 bits per heavy atom. The third-order valence-electron chi connectivity index (χ3n) is 4.31. The van der Waals surface area contributed by atoms with Gasteiger partial charge in [0.15, 0.2) is 0 Å². The molecule has 2 rings (SSSR count). The smallest absolute Gasteiger partial charge is 0.339 e. The largest absolute Gasteiger partial charge is 0.465 e. The summed E-state index contributed by atoms with van der Waals surface area (Å²) in [4.78, 5) is 36.0. The summed E-state index contributed by atoms with van der Waals surface area (Å²) in [6.07, 6.45) is 0.0853. The summed E-state index contributed by atoms with van der Waals surface area (Å²) in [5.41, 5.74) is 2.28. The molecule has 29 heavy (non-hydrogen) atoms. The minimum absolute atomic E-state index is 0.0164. The molecule has 0 aromatic heterocycles. The first-order chi connectivity index (χ1) is 13.6. The van der Waals surface area contributed by atoms with E-state index >= 15 is 0 Å². The number of hydrogen-bond acceptors (Lipinski definition) is 4. The van der Waals surface area contributed by atoms with Gasteiger partial charge in [-0.1, -0.05) is 44.5 Å². The quantitative estimate of drug-likeness (QED) is 0.692. The molecule has 2 aromatic carbocycles. The van der Waals surface area contributed by atoms with Gasteiger partial charge >= 0.3 is 5.97 Å². The molecule has 2 N–H and O–H groups in total. The summed E-state index contributed by atoms with van der Waals surface area (Å²) in [7, 11) is 1.25. The molecule has 0 unspecified atom stereocenters. The molecule has 2 amide bonds. The average molecular weight is 417 g/mol. The lowest BCUT2D eigenvalue weighted by atomic mass is 9.87. The number of carbonyl (C=O) groups excluding carboxylic acids is 3. The highest BCUT2D eigenvalue weighted by Gasteiger charge is 2.15. The molecular weight excluding hydrogens is 392 g/mol. The molecule has 0 saturated carbocycles. The first-order valence-corrected chi connectivity index (χ1v) is 9.56. The summed E-state index contributed by atoms with van der Waals surface area (Å²) in [6.45, 7) is 6.50. The van der Waals surface area contributed by atoms with Crippen LogP contribution in [0, 0.1) is 0 Å². The second-order valence-corrected chi connectivity index (χ2v) is 7.97. The molecule has 0 fully saturated rings. The van der Waals surface area contributed by atoms with E-state index in [-0.39, 0.29) is 40.8 Å². The highest BCUT2D eigenvalue weighted by Crippen LogP contribution is 2.22. The lowest BCUT2D eigenvalue weighted by Gasteiger charge is -2.19. The number of halogens is 1. The van der Waals surface area contributed by atoms with Crippen molar-refractivity contribution in [2.45, 2.75) is 32.6 Å². The zero-order valence-corrected chi connectivity index (χ0v) is 17.7. The van der Waals surface area contributed by atoms with Crippen molar-refractivity contribution in [1.29, 1.82) is 0 Å². The number of esters is 1. The minimum Gasteiger partial charge on any atom is -0.465 e. The molecule has 0 atom stereocenters. The number of hydrogen-bond donors (Lipinski definition) is 2. The van der Waals surface area contributed by atoms with Crippen LogP contribution in [0.25, 0.3) is 0 Å². The molecule has 2 aromatic rings. The number of benzene rings is 2. The van der Waals surface area contributed by atoms with Gasteiger partial charge in [-0.2, -0.15) is 0 Å². The Kier molecular flexibility index (Phi) is 7.40. The Hall–Kier alpha value is -2.86. The zero-order chi connectivity index (χ0) is 21.6. The lowest BCUT2D eigenvalue weighted by Crippen LogP contribution is -2.27. The summed E-state index contributed by atoms with van der Waals surface area (Å²) in [5.74, 6) is -1.12. The summed E-state index contributed by atoms with van der Waals surface area (Å²) in [5, 5.41) is 5.63.